The van der Waals surface area contributed by atoms with Gasteiger partial charge in [-0.1, -0.05) is 0 Å². The van der Waals surface area contributed by atoms with E-state index in [1.165, 1.54) is 7.11 Å². The lowest BCUT2D eigenvalue weighted by atomic mass is 10.1. The summed E-state index contributed by atoms with van der Waals surface area (Å²) in [6.45, 7) is 0.508. The molecule has 1 aromatic carbocycles. The number of rotatable bonds is 3. The number of nitro groups is 2. The van der Waals surface area contributed by atoms with E-state index in [2.05, 4.69) is 5.32 Å². The fourth-order valence-corrected chi connectivity index (χ4v) is 1.95. The smallest absolute Gasteiger partial charge is 0.318 e. The zero-order valence-corrected chi connectivity index (χ0v) is 8.93. The Labute approximate surface area is 95.5 Å². The van der Waals surface area contributed by atoms with E-state index in [-0.39, 0.29) is 17.1 Å². The van der Waals surface area contributed by atoms with E-state index in [4.69, 9.17) is 4.74 Å². The van der Waals surface area contributed by atoms with Crippen molar-refractivity contribution >= 4 is 17.1 Å². The Bertz CT molecular complexity index is 514. The average Bonchev–Trinajstić information content (AvgIpc) is 2.74. The zero-order chi connectivity index (χ0) is 12.6. The van der Waals surface area contributed by atoms with Gasteiger partial charge in [0.1, 0.15) is 5.69 Å². The second-order valence-corrected chi connectivity index (χ2v) is 3.49. The van der Waals surface area contributed by atoms with Crippen molar-refractivity contribution in [3.8, 4) is 5.75 Å². The van der Waals surface area contributed by atoms with E-state index in [1.807, 2.05) is 0 Å². The first-order valence-electron chi connectivity index (χ1n) is 4.82. The molecule has 1 aromatic rings. The molecule has 8 heteroatoms. The molecule has 1 N–H and O–H groups in total. The molecule has 1 aliphatic rings. The summed E-state index contributed by atoms with van der Waals surface area (Å²) >= 11 is 0. The van der Waals surface area contributed by atoms with Crippen LogP contribution in [0.25, 0.3) is 0 Å². The van der Waals surface area contributed by atoms with E-state index in [9.17, 15) is 20.2 Å². The quantitative estimate of drug-likeness (QED) is 0.632. The Morgan fingerprint density at radius 2 is 1.94 bits per heavy atom. The number of anilines is 1. The van der Waals surface area contributed by atoms with E-state index >= 15 is 0 Å². The van der Waals surface area contributed by atoms with Gasteiger partial charge in [-0.05, 0) is 6.42 Å². The van der Waals surface area contributed by atoms with Gasteiger partial charge in [-0.2, -0.15) is 0 Å². The summed E-state index contributed by atoms with van der Waals surface area (Å²) in [5.74, 6) is 0.0978. The summed E-state index contributed by atoms with van der Waals surface area (Å²) < 4.78 is 4.98. The maximum absolute atomic E-state index is 10.8. The molecule has 0 fully saturated rings. The average molecular weight is 239 g/mol. The monoisotopic (exact) mass is 239 g/mol. The van der Waals surface area contributed by atoms with Crippen LogP contribution >= 0.6 is 0 Å². The highest BCUT2D eigenvalue weighted by molar-refractivity contribution is 5.78. The summed E-state index contributed by atoms with van der Waals surface area (Å²) in [5.41, 5.74) is 0.150. The minimum absolute atomic E-state index is 0.0978. The van der Waals surface area contributed by atoms with Crippen molar-refractivity contribution in [1.29, 1.82) is 0 Å². The Hall–Kier alpha value is -2.38. The number of nitrogens with zero attached hydrogens (tertiary/aromatic N) is 2. The summed E-state index contributed by atoms with van der Waals surface area (Å²) in [4.78, 5) is 20.4. The molecule has 90 valence electrons. The van der Waals surface area contributed by atoms with E-state index in [0.29, 0.717) is 24.2 Å². The van der Waals surface area contributed by atoms with Gasteiger partial charge < -0.3 is 10.1 Å². The highest BCUT2D eigenvalue weighted by Crippen LogP contribution is 2.44. The molecule has 0 amide bonds. The lowest BCUT2D eigenvalue weighted by Gasteiger charge is -2.07. The maximum Gasteiger partial charge on any atom is 0.318 e. The number of hydrogen-bond donors (Lipinski definition) is 1. The number of ether oxygens (including phenoxy) is 1. The molecule has 1 aliphatic heterocycles. The van der Waals surface area contributed by atoms with Crippen LogP contribution in [0.15, 0.2) is 6.07 Å². The third-order valence-electron chi connectivity index (χ3n) is 2.61. The standard InChI is InChI=1S/C9H9N3O5/c1-17-9-5-2-3-10-8(5)6(11(13)14)4-7(9)12(15)16/h4,10H,2-3H2,1H3. The fourth-order valence-electron chi connectivity index (χ4n) is 1.95. The van der Waals surface area contributed by atoms with Gasteiger partial charge in [-0.15, -0.1) is 0 Å². The molecule has 2 rings (SSSR count). The number of hydrogen-bond acceptors (Lipinski definition) is 6. The van der Waals surface area contributed by atoms with Crippen LogP contribution in [-0.2, 0) is 6.42 Å². The van der Waals surface area contributed by atoms with Crippen molar-refractivity contribution < 1.29 is 14.6 Å². The normalized spacial score (nSPS) is 12.8. The minimum Gasteiger partial charge on any atom is -0.490 e. The third-order valence-corrected chi connectivity index (χ3v) is 2.61. The molecular weight excluding hydrogens is 230 g/mol. The van der Waals surface area contributed by atoms with Crippen LogP contribution in [0.3, 0.4) is 0 Å². The first kappa shape index (κ1) is 11.1. The van der Waals surface area contributed by atoms with Gasteiger partial charge in [0.15, 0.2) is 0 Å². The Morgan fingerprint density at radius 3 is 2.47 bits per heavy atom. The lowest BCUT2D eigenvalue weighted by molar-refractivity contribution is -0.394. The molecule has 17 heavy (non-hydrogen) atoms. The second-order valence-electron chi connectivity index (χ2n) is 3.49. The molecule has 8 nitrogen and oxygen atoms in total. The minimum atomic E-state index is -0.676. The van der Waals surface area contributed by atoms with E-state index < -0.39 is 9.85 Å². The lowest BCUT2D eigenvalue weighted by Crippen LogP contribution is -2.01. The predicted octanol–water partition coefficient (Wildman–Crippen LogP) is 1.48. The third kappa shape index (κ3) is 1.63. The van der Waals surface area contributed by atoms with Crippen LogP contribution in [0.2, 0.25) is 0 Å². The van der Waals surface area contributed by atoms with Gasteiger partial charge in [-0.25, -0.2) is 0 Å². The number of benzene rings is 1. The number of nitro benzene ring substituents is 2. The second kappa shape index (κ2) is 3.89. The van der Waals surface area contributed by atoms with Gasteiger partial charge in [0.05, 0.1) is 23.0 Å². The first-order chi connectivity index (χ1) is 8.06. The topological polar surface area (TPSA) is 108 Å². The van der Waals surface area contributed by atoms with Crippen LogP contribution in [0, 0.1) is 20.2 Å². The molecule has 0 saturated carbocycles. The largest absolute Gasteiger partial charge is 0.490 e. The maximum atomic E-state index is 10.8. The molecule has 0 unspecified atom stereocenters. The first-order valence-corrected chi connectivity index (χ1v) is 4.82. The van der Waals surface area contributed by atoms with E-state index in [0.717, 1.165) is 6.07 Å². The van der Waals surface area contributed by atoms with Gasteiger partial charge in [0, 0.05) is 12.1 Å². The van der Waals surface area contributed by atoms with Gasteiger partial charge in [0.2, 0.25) is 5.75 Å². The van der Waals surface area contributed by atoms with E-state index in [1.54, 1.807) is 0 Å². The summed E-state index contributed by atoms with van der Waals surface area (Å²) in [7, 11) is 1.31. The number of fused-ring (bicyclic) bond motifs is 1. The van der Waals surface area contributed by atoms with Crippen LogP contribution in [0.4, 0.5) is 17.1 Å². The predicted molar refractivity (Wildman–Crippen MR) is 58.5 cm³/mol. The molecule has 0 saturated heterocycles. The van der Waals surface area contributed by atoms with Gasteiger partial charge >= 0.3 is 5.69 Å². The number of nitrogens with one attached hydrogen (secondary N) is 1. The Kier molecular flexibility index (Phi) is 2.54. The van der Waals surface area contributed by atoms with Crippen molar-refractivity contribution in [2.45, 2.75) is 6.42 Å². The Balaban J connectivity index is 2.74. The SMILES string of the molecule is COc1c([N+](=O)[O-])cc([N+](=O)[O-])c2c1CCN2. The number of methoxy groups -OCH3 is 1. The molecular formula is C9H9N3O5. The van der Waals surface area contributed by atoms with Gasteiger partial charge in [-0.3, -0.25) is 20.2 Å². The van der Waals surface area contributed by atoms with Crippen LogP contribution in [-0.4, -0.2) is 23.5 Å². The zero-order valence-electron chi connectivity index (χ0n) is 8.93. The summed E-state index contributed by atoms with van der Waals surface area (Å²) in [6.07, 6.45) is 0.473. The van der Waals surface area contributed by atoms with Crippen LogP contribution in [0.5, 0.6) is 5.75 Å². The molecule has 0 atom stereocenters. The van der Waals surface area contributed by atoms with Crippen LogP contribution < -0.4 is 10.1 Å². The Morgan fingerprint density at radius 1 is 1.29 bits per heavy atom. The molecule has 0 bridgehead atoms. The van der Waals surface area contributed by atoms with Crippen molar-refractivity contribution in [3.63, 3.8) is 0 Å². The fraction of sp³-hybridized carbons (Fsp3) is 0.333. The molecule has 0 aromatic heterocycles. The highest BCUT2D eigenvalue weighted by atomic mass is 16.6. The molecule has 0 radical (unpaired) electrons. The molecule has 1 heterocycles. The van der Waals surface area contributed by atoms with Crippen molar-refractivity contribution in [3.05, 3.63) is 31.9 Å². The molecule has 0 spiro atoms. The summed E-state index contributed by atoms with van der Waals surface area (Å²) in [5, 5.41) is 24.5. The van der Waals surface area contributed by atoms with Crippen LogP contribution in [0.1, 0.15) is 5.56 Å². The molecule has 0 aliphatic carbocycles. The van der Waals surface area contributed by atoms with Gasteiger partial charge in [0.25, 0.3) is 5.69 Å². The van der Waals surface area contributed by atoms with Crippen molar-refractivity contribution in [2.24, 2.45) is 0 Å². The highest BCUT2D eigenvalue weighted by Gasteiger charge is 2.32. The van der Waals surface area contributed by atoms with Crippen molar-refractivity contribution in [1.82, 2.24) is 0 Å². The summed E-state index contributed by atoms with van der Waals surface area (Å²) in [6, 6.07) is 0.927. The van der Waals surface area contributed by atoms with Crippen molar-refractivity contribution in [2.75, 3.05) is 19.0 Å².